The molecule has 36 heavy (non-hydrogen) atoms. The number of fused-ring (bicyclic) bond motifs is 1. The zero-order valence-electron chi connectivity index (χ0n) is 21.7. The zero-order valence-corrected chi connectivity index (χ0v) is 21.7. The van der Waals surface area contributed by atoms with Gasteiger partial charge in [-0.1, -0.05) is 25.0 Å². The van der Waals surface area contributed by atoms with E-state index in [0.29, 0.717) is 31.9 Å². The van der Waals surface area contributed by atoms with Crippen molar-refractivity contribution in [2.45, 2.75) is 102 Å². The monoisotopic (exact) mass is 493 g/mol. The molecule has 5 rings (SSSR count). The zero-order chi connectivity index (χ0) is 25.0. The van der Waals surface area contributed by atoms with E-state index in [0.717, 1.165) is 62.6 Å². The molecule has 6 heteroatoms. The third-order valence-electron chi connectivity index (χ3n) is 8.13. The molecule has 2 atom stereocenters. The number of halogens is 1. The van der Waals surface area contributed by atoms with Gasteiger partial charge >= 0.3 is 5.97 Å². The summed E-state index contributed by atoms with van der Waals surface area (Å²) in [6.45, 7) is 2.99. The standard InChI is InChI=1S/C30H40FN3O2/c1-2-36-29(35)28(25-11-8-19-32-27(25)23-13-14-23)34-20-18-30(31,21-34)17-7-3-4-10-24-16-15-22-9-5-6-12-26(22)33-24/h8,11,15-16,19,23,28H,2-7,9-10,12-14,17-18,20-21H2,1H3. The number of ether oxygens (including phenoxy) is 1. The molecular weight excluding hydrogens is 453 g/mol. The summed E-state index contributed by atoms with van der Waals surface area (Å²) in [5, 5.41) is 0. The van der Waals surface area contributed by atoms with Gasteiger partial charge < -0.3 is 4.74 Å². The van der Waals surface area contributed by atoms with E-state index >= 15 is 4.39 Å². The van der Waals surface area contributed by atoms with Gasteiger partial charge in [0.05, 0.1) is 6.61 Å². The summed E-state index contributed by atoms with van der Waals surface area (Å²) < 4.78 is 21.3. The van der Waals surface area contributed by atoms with E-state index in [1.807, 2.05) is 24.0 Å². The molecule has 0 spiro atoms. The second-order valence-electron chi connectivity index (χ2n) is 11.0. The van der Waals surface area contributed by atoms with Crippen molar-refractivity contribution in [3.63, 3.8) is 0 Å². The molecule has 1 saturated carbocycles. The van der Waals surface area contributed by atoms with Gasteiger partial charge in [0.25, 0.3) is 0 Å². The number of rotatable bonds is 11. The number of alkyl halides is 1. The highest BCUT2D eigenvalue weighted by Crippen LogP contribution is 2.44. The molecule has 0 N–H and O–H groups in total. The van der Waals surface area contributed by atoms with Gasteiger partial charge in [0.2, 0.25) is 0 Å². The Hall–Kier alpha value is -2.34. The molecular formula is C30H40FN3O2. The third-order valence-corrected chi connectivity index (χ3v) is 8.13. The number of esters is 1. The summed E-state index contributed by atoms with van der Waals surface area (Å²) in [6.07, 6.45) is 13.7. The highest BCUT2D eigenvalue weighted by molar-refractivity contribution is 5.78. The summed E-state index contributed by atoms with van der Waals surface area (Å²) in [5.74, 6) is 0.134. The molecule has 2 unspecified atom stereocenters. The van der Waals surface area contributed by atoms with Crippen molar-refractivity contribution in [1.29, 1.82) is 0 Å². The Bertz CT molecular complexity index is 1060. The van der Waals surface area contributed by atoms with E-state index in [-0.39, 0.29) is 12.5 Å². The van der Waals surface area contributed by atoms with E-state index in [1.54, 1.807) is 6.20 Å². The second-order valence-corrected chi connectivity index (χ2v) is 11.0. The fraction of sp³-hybridized carbons (Fsp3) is 0.633. The van der Waals surface area contributed by atoms with Crippen LogP contribution in [0, 0.1) is 0 Å². The van der Waals surface area contributed by atoms with Gasteiger partial charge in [0, 0.05) is 47.8 Å². The molecule has 0 bridgehead atoms. The minimum absolute atomic E-state index is 0.280. The van der Waals surface area contributed by atoms with Gasteiger partial charge in [-0.15, -0.1) is 0 Å². The first-order chi connectivity index (χ1) is 17.6. The van der Waals surface area contributed by atoms with Gasteiger partial charge in [-0.2, -0.15) is 0 Å². The van der Waals surface area contributed by atoms with Crippen molar-refractivity contribution < 1.29 is 13.9 Å². The second kappa shape index (κ2) is 11.4. The predicted molar refractivity (Wildman–Crippen MR) is 139 cm³/mol. The highest BCUT2D eigenvalue weighted by atomic mass is 19.1. The number of pyridine rings is 2. The number of likely N-dealkylation sites (tertiary alicyclic amines) is 1. The molecule has 2 aliphatic carbocycles. The lowest BCUT2D eigenvalue weighted by atomic mass is 9.95. The molecule has 2 aromatic rings. The van der Waals surface area contributed by atoms with Crippen LogP contribution in [0.3, 0.4) is 0 Å². The Morgan fingerprint density at radius 2 is 2.06 bits per heavy atom. The summed E-state index contributed by atoms with van der Waals surface area (Å²) in [7, 11) is 0. The smallest absolute Gasteiger partial charge is 0.328 e. The van der Waals surface area contributed by atoms with Crippen LogP contribution in [-0.2, 0) is 28.8 Å². The van der Waals surface area contributed by atoms with Gasteiger partial charge in [-0.25, -0.2) is 9.18 Å². The molecule has 5 nitrogen and oxygen atoms in total. The number of hydrogen-bond donors (Lipinski definition) is 0. The maximum Gasteiger partial charge on any atom is 0.328 e. The van der Waals surface area contributed by atoms with Crippen LogP contribution in [0.2, 0.25) is 0 Å². The average molecular weight is 494 g/mol. The van der Waals surface area contributed by atoms with Crippen LogP contribution in [0.25, 0.3) is 0 Å². The van der Waals surface area contributed by atoms with E-state index in [2.05, 4.69) is 17.1 Å². The first-order valence-electron chi connectivity index (χ1n) is 14.1. The van der Waals surface area contributed by atoms with Crippen molar-refractivity contribution in [3.8, 4) is 0 Å². The minimum atomic E-state index is -1.25. The maximum absolute atomic E-state index is 15.9. The van der Waals surface area contributed by atoms with Gasteiger partial charge in [-0.3, -0.25) is 14.9 Å². The van der Waals surface area contributed by atoms with Crippen LogP contribution in [0.4, 0.5) is 4.39 Å². The topological polar surface area (TPSA) is 55.3 Å². The lowest BCUT2D eigenvalue weighted by molar-refractivity contribution is -0.149. The van der Waals surface area contributed by atoms with Crippen LogP contribution >= 0.6 is 0 Å². The third kappa shape index (κ3) is 5.96. The molecule has 2 fully saturated rings. The predicted octanol–water partition coefficient (Wildman–Crippen LogP) is 6.05. The normalized spacial score (nSPS) is 22.8. The van der Waals surface area contributed by atoms with E-state index in [4.69, 9.17) is 9.72 Å². The van der Waals surface area contributed by atoms with Crippen LogP contribution in [-0.4, -0.2) is 46.2 Å². The van der Waals surface area contributed by atoms with E-state index in [1.165, 1.54) is 29.8 Å². The fourth-order valence-electron chi connectivity index (χ4n) is 6.03. The lowest BCUT2D eigenvalue weighted by Crippen LogP contribution is -2.37. The minimum Gasteiger partial charge on any atom is -0.465 e. The first-order valence-corrected chi connectivity index (χ1v) is 14.1. The molecule has 0 amide bonds. The van der Waals surface area contributed by atoms with Crippen LogP contribution in [0.15, 0.2) is 30.5 Å². The number of aromatic nitrogens is 2. The number of aryl methyl sites for hydroxylation is 3. The highest BCUT2D eigenvalue weighted by Gasteiger charge is 2.44. The van der Waals surface area contributed by atoms with Crippen molar-refractivity contribution in [1.82, 2.24) is 14.9 Å². The summed E-state index contributed by atoms with van der Waals surface area (Å²) in [6, 6.07) is 7.73. The Morgan fingerprint density at radius 1 is 1.19 bits per heavy atom. The lowest BCUT2D eigenvalue weighted by Gasteiger charge is -2.28. The number of carbonyl (C=O) groups excluding carboxylic acids is 1. The van der Waals surface area contributed by atoms with Gasteiger partial charge in [-0.05, 0) is 88.8 Å². The first kappa shape index (κ1) is 25.3. The number of nitrogens with zero attached hydrogens (tertiary/aromatic N) is 3. The maximum atomic E-state index is 15.9. The van der Waals surface area contributed by atoms with Crippen LogP contribution < -0.4 is 0 Å². The summed E-state index contributed by atoms with van der Waals surface area (Å²) in [5.41, 5.74) is 4.53. The van der Waals surface area contributed by atoms with Crippen molar-refractivity contribution in [2.24, 2.45) is 0 Å². The van der Waals surface area contributed by atoms with Crippen LogP contribution in [0.5, 0.6) is 0 Å². The van der Waals surface area contributed by atoms with Crippen LogP contribution in [0.1, 0.15) is 105 Å². The molecule has 2 aromatic heterocycles. The Morgan fingerprint density at radius 3 is 2.89 bits per heavy atom. The molecule has 194 valence electrons. The molecule has 3 heterocycles. The summed E-state index contributed by atoms with van der Waals surface area (Å²) in [4.78, 5) is 24.5. The van der Waals surface area contributed by atoms with Gasteiger partial charge in [0.1, 0.15) is 11.7 Å². The molecule has 1 aliphatic heterocycles. The Kier molecular flexibility index (Phi) is 8.00. The molecule has 0 radical (unpaired) electrons. The van der Waals surface area contributed by atoms with Crippen molar-refractivity contribution in [3.05, 3.63) is 58.7 Å². The molecule has 1 saturated heterocycles. The number of unbranched alkanes of at least 4 members (excludes halogenated alkanes) is 2. The van der Waals surface area contributed by atoms with Crippen molar-refractivity contribution >= 4 is 5.97 Å². The quantitative estimate of drug-likeness (QED) is 0.282. The average Bonchev–Trinajstić information content (AvgIpc) is 3.67. The Labute approximate surface area is 214 Å². The van der Waals surface area contributed by atoms with Crippen molar-refractivity contribution in [2.75, 3.05) is 19.7 Å². The fourth-order valence-corrected chi connectivity index (χ4v) is 6.03. The Balaban J connectivity index is 1.15. The van der Waals surface area contributed by atoms with E-state index < -0.39 is 11.7 Å². The van der Waals surface area contributed by atoms with E-state index in [9.17, 15) is 4.79 Å². The number of carbonyl (C=O) groups is 1. The SMILES string of the molecule is CCOC(=O)C(c1cccnc1C1CC1)N1CCC(F)(CCCCCc2ccc3c(n2)CCCC3)C1. The molecule has 0 aromatic carbocycles. The molecule has 3 aliphatic rings. The van der Waals surface area contributed by atoms with Gasteiger partial charge in [0.15, 0.2) is 0 Å². The largest absolute Gasteiger partial charge is 0.465 e. The number of hydrogen-bond acceptors (Lipinski definition) is 5. The summed E-state index contributed by atoms with van der Waals surface area (Å²) >= 11 is 0.